The molecule has 3 aliphatic rings. The first-order chi connectivity index (χ1) is 11.2. The van der Waals surface area contributed by atoms with Gasteiger partial charge in [-0.3, -0.25) is 9.59 Å². The zero-order valence-corrected chi connectivity index (χ0v) is 14.7. The number of carbonyl (C=O) groups excluding carboxylic acids is 2. The molecule has 1 saturated carbocycles. The number of thioether (sulfide) groups is 1. The topological polar surface area (TPSA) is 62.3 Å². The molecule has 23 heavy (non-hydrogen) atoms. The quantitative estimate of drug-likeness (QED) is 0.909. The fraction of sp³-hybridized carbons (Fsp3) is 0.688. The Balaban J connectivity index is 1.43. The van der Waals surface area contributed by atoms with Crippen molar-refractivity contribution in [1.82, 2.24) is 9.88 Å². The van der Waals surface area contributed by atoms with Gasteiger partial charge in [-0.15, -0.1) is 23.1 Å². The minimum atomic E-state index is -0.339. The Bertz CT molecular complexity index is 603. The van der Waals surface area contributed by atoms with Crippen molar-refractivity contribution >= 4 is 40.0 Å². The monoisotopic (exact) mass is 351 g/mol. The van der Waals surface area contributed by atoms with Crippen molar-refractivity contribution in [3.8, 4) is 0 Å². The number of carbonyl (C=O) groups is 2. The van der Waals surface area contributed by atoms with Gasteiger partial charge < -0.3 is 10.2 Å². The lowest BCUT2D eigenvalue weighted by atomic mass is 9.84. The highest BCUT2D eigenvalue weighted by molar-refractivity contribution is 7.99. The summed E-state index contributed by atoms with van der Waals surface area (Å²) in [5.41, 5.74) is 1.15. The van der Waals surface area contributed by atoms with Crippen molar-refractivity contribution in [3.05, 3.63) is 10.6 Å². The van der Waals surface area contributed by atoms with E-state index in [0.717, 1.165) is 37.8 Å². The second kappa shape index (κ2) is 6.43. The summed E-state index contributed by atoms with van der Waals surface area (Å²) in [5.74, 6) is 1.57. The highest BCUT2D eigenvalue weighted by Gasteiger charge is 2.39. The van der Waals surface area contributed by atoms with Crippen LogP contribution in [0.1, 0.15) is 42.7 Å². The lowest BCUT2D eigenvalue weighted by molar-refractivity contribution is -0.141. The van der Waals surface area contributed by atoms with Crippen molar-refractivity contribution in [3.63, 3.8) is 0 Å². The molecule has 124 valence electrons. The third-order valence-electron chi connectivity index (χ3n) is 5.00. The zero-order chi connectivity index (χ0) is 15.8. The lowest BCUT2D eigenvalue weighted by Gasteiger charge is -2.31. The number of hydrogen-bond acceptors (Lipinski definition) is 5. The largest absolute Gasteiger partial charge is 0.320 e. The Morgan fingerprint density at radius 3 is 2.74 bits per heavy atom. The minimum absolute atomic E-state index is 0.0752. The Kier molecular flexibility index (Phi) is 4.32. The summed E-state index contributed by atoms with van der Waals surface area (Å²) in [6.45, 7) is 0. The molecular weight excluding hydrogens is 330 g/mol. The molecule has 0 spiro atoms. The Labute approximate surface area is 144 Å². The van der Waals surface area contributed by atoms with Gasteiger partial charge in [-0.2, -0.15) is 0 Å². The Morgan fingerprint density at radius 2 is 2.00 bits per heavy atom. The fourth-order valence-electron chi connectivity index (χ4n) is 3.36. The van der Waals surface area contributed by atoms with Crippen LogP contribution >= 0.6 is 23.1 Å². The van der Waals surface area contributed by atoms with E-state index < -0.39 is 0 Å². The van der Waals surface area contributed by atoms with E-state index in [9.17, 15) is 9.59 Å². The van der Waals surface area contributed by atoms with Crippen LogP contribution in [-0.2, 0) is 22.4 Å². The highest BCUT2D eigenvalue weighted by atomic mass is 32.2. The van der Waals surface area contributed by atoms with E-state index in [-0.39, 0.29) is 23.8 Å². The van der Waals surface area contributed by atoms with Crippen LogP contribution in [0.3, 0.4) is 0 Å². The zero-order valence-electron chi connectivity index (χ0n) is 13.0. The van der Waals surface area contributed by atoms with Gasteiger partial charge in [0.2, 0.25) is 11.8 Å². The molecule has 2 aliphatic carbocycles. The molecule has 1 saturated heterocycles. The summed E-state index contributed by atoms with van der Waals surface area (Å²) in [5, 5.41) is 3.67. The van der Waals surface area contributed by atoms with Gasteiger partial charge in [0.15, 0.2) is 5.13 Å². The number of amides is 2. The second-order valence-corrected chi connectivity index (χ2v) is 8.62. The van der Waals surface area contributed by atoms with Crippen LogP contribution in [0, 0.1) is 5.92 Å². The summed E-state index contributed by atoms with van der Waals surface area (Å²) < 4.78 is 0. The SMILES string of the molecule is O=C(Nc1nc2c(s1)CCCC2)C1CSCN1C(=O)C1CCC1. The molecule has 2 amide bonds. The van der Waals surface area contributed by atoms with Crippen LogP contribution in [0.2, 0.25) is 0 Å². The third kappa shape index (κ3) is 3.01. The van der Waals surface area contributed by atoms with E-state index in [0.29, 0.717) is 16.8 Å². The number of thiazole rings is 1. The number of nitrogens with zero attached hydrogens (tertiary/aromatic N) is 2. The predicted octanol–water partition coefficient (Wildman–Crippen LogP) is 2.66. The molecule has 1 aromatic heterocycles. The number of rotatable bonds is 3. The fourth-order valence-corrected chi connectivity index (χ4v) is 5.58. The van der Waals surface area contributed by atoms with E-state index in [1.165, 1.54) is 17.7 Å². The van der Waals surface area contributed by atoms with Gasteiger partial charge in [0, 0.05) is 16.5 Å². The van der Waals surface area contributed by atoms with Gasteiger partial charge in [-0.1, -0.05) is 6.42 Å². The second-order valence-electron chi connectivity index (χ2n) is 6.54. The average molecular weight is 351 g/mol. The summed E-state index contributed by atoms with van der Waals surface area (Å²) in [7, 11) is 0. The van der Waals surface area contributed by atoms with E-state index in [1.54, 1.807) is 28.0 Å². The predicted molar refractivity (Wildman–Crippen MR) is 92.7 cm³/mol. The molecule has 5 nitrogen and oxygen atoms in total. The first-order valence-corrected chi connectivity index (χ1v) is 10.4. The summed E-state index contributed by atoms with van der Waals surface area (Å²) in [6, 6.07) is -0.339. The van der Waals surface area contributed by atoms with Gasteiger partial charge >= 0.3 is 0 Å². The van der Waals surface area contributed by atoms with E-state index in [2.05, 4.69) is 10.3 Å². The van der Waals surface area contributed by atoms with Crippen LogP contribution in [0.25, 0.3) is 0 Å². The van der Waals surface area contributed by atoms with Gasteiger partial charge in [-0.05, 0) is 38.5 Å². The summed E-state index contributed by atoms with van der Waals surface area (Å²) in [4.78, 5) is 32.8. The van der Waals surface area contributed by atoms with Crippen LogP contribution < -0.4 is 5.32 Å². The van der Waals surface area contributed by atoms with E-state index in [1.807, 2.05) is 0 Å². The van der Waals surface area contributed by atoms with E-state index in [4.69, 9.17) is 0 Å². The average Bonchev–Trinajstić information content (AvgIpc) is 3.11. The van der Waals surface area contributed by atoms with Crippen molar-refractivity contribution < 1.29 is 9.59 Å². The summed E-state index contributed by atoms with van der Waals surface area (Å²) >= 11 is 3.26. The van der Waals surface area contributed by atoms with Gasteiger partial charge in [-0.25, -0.2) is 4.98 Å². The number of aryl methyl sites for hydroxylation is 2. The molecular formula is C16H21N3O2S2. The molecule has 0 bridgehead atoms. The van der Waals surface area contributed by atoms with Gasteiger partial charge in [0.1, 0.15) is 6.04 Å². The summed E-state index contributed by atoms with van der Waals surface area (Å²) in [6.07, 6.45) is 7.60. The molecule has 4 rings (SSSR count). The van der Waals surface area contributed by atoms with Gasteiger partial charge in [0.25, 0.3) is 0 Å². The van der Waals surface area contributed by atoms with Gasteiger partial charge in [0.05, 0.1) is 11.6 Å². The molecule has 2 heterocycles. The maximum atomic E-state index is 12.6. The minimum Gasteiger partial charge on any atom is -0.320 e. The number of nitrogens with one attached hydrogen (secondary N) is 1. The highest BCUT2D eigenvalue weighted by Crippen LogP contribution is 2.33. The maximum Gasteiger partial charge on any atom is 0.249 e. The Hall–Kier alpha value is -1.08. The van der Waals surface area contributed by atoms with Crippen LogP contribution in [0.4, 0.5) is 5.13 Å². The number of hydrogen-bond donors (Lipinski definition) is 1. The standard InChI is InChI=1S/C16H21N3O2S2/c20-14(18-16-17-11-6-1-2-7-13(11)23-16)12-8-22-9-19(12)15(21)10-4-3-5-10/h10,12H,1-9H2,(H,17,18,20). The molecule has 1 N–H and O–H groups in total. The maximum absolute atomic E-state index is 12.6. The van der Waals surface area contributed by atoms with Crippen molar-refractivity contribution in [2.24, 2.45) is 5.92 Å². The van der Waals surface area contributed by atoms with Crippen LogP contribution in [0.5, 0.6) is 0 Å². The van der Waals surface area contributed by atoms with Crippen LogP contribution in [0.15, 0.2) is 0 Å². The van der Waals surface area contributed by atoms with Crippen molar-refractivity contribution in [1.29, 1.82) is 0 Å². The third-order valence-corrected chi connectivity index (χ3v) is 7.08. The number of fused-ring (bicyclic) bond motifs is 1. The smallest absolute Gasteiger partial charge is 0.249 e. The van der Waals surface area contributed by atoms with E-state index >= 15 is 0 Å². The molecule has 0 aromatic carbocycles. The van der Waals surface area contributed by atoms with Crippen molar-refractivity contribution in [2.45, 2.75) is 51.0 Å². The van der Waals surface area contributed by atoms with Crippen molar-refractivity contribution in [2.75, 3.05) is 16.9 Å². The normalized spacial score (nSPS) is 24.2. The molecule has 7 heteroatoms. The number of anilines is 1. The lowest BCUT2D eigenvalue weighted by Crippen LogP contribution is -2.47. The first kappa shape index (κ1) is 15.4. The molecule has 1 aliphatic heterocycles. The number of aromatic nitrogens is 1. The molecule has 2 fully saturated rings. The Morgan fingerprint density at radius 1 is 1.17 bits per heavy atom. The van der Waals surface area contributed by atoms with Crippen LogP contribution in [-0.4, -0.2) is 39.4 Å². The molecule has 0 radical (unpaired) electrons. The molecule has 1 unspecified atom stereocenters. The molecule has 1 atom stereocenters. The molecule has 1 aromatic rings. The first-order valence-electron chi connectivity index (χ1n) is 8.40.